The summed E-state index contributed by atoms with van der Waals surface area (Å²) in [5.74, 6) is -0.162. The number of benzene rings is 2. The van der Waals surface area contributed by atoms with Gasteiger partial charge in [0.15, 0.2) is 0 Å². The molecule has 0 saturated carbocycles. The maximum Gasteiger partial charge on any atom is 0.242 e. The SMILES string of the molecule is O=C(CCNS(=O)(=O)c1ccccc1Cl)NCc1cccc(N2CCCCC2=O)c1. The Kier molecular flexibility index (Phi) is 7.47. The quantitative estimate of drug-likeness (QED) is 0.647. The van der Waals surface area contributed by atoms with Crippen LogP contribution in [0.1, 0.15) is 31.2 Å². The number of amides is 2. The summed E-state index contributed by atoms with van der Waals surface area (Å²) >= 11 is 5.92. The van der Waals surface area contributed by atoms with Crippen molar-refractivity contribution in [1.29, 1.82) is 0 Å². The average molecular weight is 450 g/mol. The van der Waals surface area contributed by atoms with Crippen molar-refractivity contribution in [2.24, 2.45) is 0 Å². The largest absolute Gasteiger partial charge is 0.352 e. The van der Waals surface area contributed by atoms with Gasteiger partial charge in [0.1, 0.15) is 4.90 Å². The third-order valence-corrected chi connectivity index (χ3v) is 6.77. The van der Waals surface area contributed by atoms with Crippen LogP contribution < -0.4 is 14.9 Å². The van der Waals surface area contributed by atoms with Gasteiger partial charge in [-0.3, -0.25) is 9.59 Å². The molecule has 7 nitrogen and oxygen atoms in total. The number of sulfonamides is 1. The van der Waals surface area contributed by atoms with Gasteiger partial charge < -0.3 is 10.2 Å². The zero-order valence-electron chi connectivity index (χ0n) is 16.4. The summed E-state index contributed by atoms with van der Waals surface area (Å²) < 4.78 is 26.9. The highest BCUT2D eigenvalue weighted by atomic mass is 35.5. The number of rotatable bonds is 8. The molecule has 0 spiro atoms. The van der Waals surface area contributed by atoms with Gasteiger partial charge in [-0.15, -0.1) is 0 Å². The second kappa shape index (κ2) is 10.1. The van der Waals surface area contributed by atoms with Gasteiger partial charge in [0.25, 0.3) is 0 Å². The molecule has 2 N–H and O–H groups in total. The molecule has 2 aromatic carbocycles. The zero-order valence-corrected chi connectivity index (χ0v) is 18.0. The fraction of sp³-hybridized carbons (Fsp3) is 0.333. The number of carbonyl (C=O) groups excluding carboxylic acids is 2. The van der Waals surface area contributed by atoms with Crippen LogP contribution in [0, 0.1) is 0 Å². The van der Waals surface area contributed by atoms with Crippen molar-refractivity contribution < 1.29 is 18.0 Å². The van der Waals surface area contributed by atoms with E-state index in [0.717, 1.165) is 24.1 Å². The summed E-state index contributed by atoms with van der Waals surface area (Å²) in [5, 5.41) is 2.90. The van der Waals surface area contributed by atoms with E-state index in [0.29, 0.717) is 19.5 Å². The fourth-order valence-corrected chi connectivity index (χ4v) is 4.79. The van der Waals surface area contributed by atoms with Crippen molar-refractivity contribution in [1.82, 2.24) is 10.0 Å². The zero-order chi connectivity index (χ0) is 21.6. The Morgan fingerprint density at radius 3 is 2.67 bits per heavy atom. The Labute approximate surface area is 181 Å². The number of halogens is 1. The molecular weight excluding hydrogens is 426 g/mol. The first kappa shape index (κ1) is 22.3. The van der Waals surface area contributed by atoms with Gasteiger partial charge in [0.05, 0.1) is 5.02 Å². The maximum absolute atomic E-state index is 12.3. The molecule has 0 unspecified atom stereocenters. The molecule has 9 heteroatoms. The van der Waals surface area contributed by atoms with Crippen LogP contribution in [0.3, 0.4) is 0 Å². The lowest BCUT2D eigenvalue weighted by Gasteiger charge is -2.27. The van der Waals surface area contributed by atoms with Crippen LogP contribution in [0.2, 0.25) is 5.02 Å². The topological polar surface area (TPSA) is 95.6 Å². The van der Waals surface area contributed by atoms with Crippen molar-refractivity contribution in [3.05, 3.63) is 59.1 Å². The Balaban J connectivity index is 1.49. The standard InChI is InChI=1S/C21H24ClN3O4S/c22-18-8-1-2-9-19(18)30(28,29)24-12-11-20(26)23-15-16-6-5-7-17(14-16)25-13-4-3-10-21(25)27/h1-2,5-9,14,24H,3-4,10-13,15H2,(H,23,26). The van der Waals surface area contributed by atoms with Gasteiger partial charge >= 0.3 is 0 Å². The minimum Gasteiger partial charge on any atom is -0.352 e. The van der Waals surface area contributed by atoms with E-state index in [1.807, 2.05) is 24.3 Å². The fourth-order valence-electron chi connectivity index (χ4n) is 3.24. The number of carbonyl (C=O) groups is 2. The van der Waals surface area contributed by atoms with Crippen LogP contribution in [0.15, 0.2) is 53.4 Å². The van der Waals surface area contributed by atoms with E-state index >= 15 is 0 Å². The summed E-state index contributed by atoms with van der Waals surface area (Å²) in [5.41, 5.74) is 1.70. The van der Waals surface area contributed by atoms with E-state index in [-0.39, 0.29) is 34.7 Å². The highest BCUT2D eigenvalue weighted by molar-refractivity contribution is 7.89. The Morgan fingerprint density at radius 2 is 1.90 bits per heavy atom. The molecule has 1 aliphatic rings. The molecule has 1 fully saturated rings. The van der Waals surface area contributed by atoms with Crippen LogP contribution in [-0.4, -0.2) is 33.3 Å². The van der Waals surface area contributed by atoms with Gasteiger partial charge in [-0.2, -0.15) is 0 Å². The number of anilines is 1. The van der Waals surface area contributed by atoms with E-state index in [1.54, 1.807) is 17.0 Å². The van der Waals surface area contributed by atoms with Crippen molar-refractivity contribution in [2.45, 2.75) is 37.1 Å². The highest BCUT2D eigenvalue weighted by Gasteiger charge is 2.20. The highest BCUT2D eigenvalue weighted by Crippen LogP contribution is 2.22. The van der Waals surface area contributed by atoms with E-state index in [1.165, 1.54) is 12.1 Å². The second-order valence-electron chi connectivity index (χ2n) is 7.03. The molecule has 0 radical (unpaired) electrons. The van der Waals surface area contributed by atoms with E-state index < -0.39 is 10.0 Å². The lowest BCUT2D eigenvalue weighted by Crippen LogP contribution is -2.35. The van der Waals surface area contributed by atoms with Crippen molar-refractivity contribution >= 4 is 39.1 Å². The van der Waals surface area contributed by atoms with Crippen molar-refractivity contribution in [3.8, 4) is 0 Å². The smallest absolute Gasteiger partial charge is 0.242 e. The molecule has 1 aliphatic heterocycles. The van der Waals surface area contributed by atoms with E-state index in [4.69, 9.17) is 11.6 Å². The van der Waals surface area contributed by atoms with Gasteiger partial charge in [-0.05, 0) is 42.7 Å². The molecule has 0 aromatic heterocycles. The van der Waals surface area contributed by atoms with Crippen LogP contribution in [-0.2, 0) is 26.2 Å². The third kappa shape index (κ3) is 5.81. The molecule has 160 valence electrons. The molecule has 2 aromatic rings. The van der Waals surface area contributed by atoms with Gasteiger partial charge in [-0.1, -0.05) is 35.9 Å². The summed E-state index contributed by atoms with van der Waals surface area (Å²) in [4.78, 5) is 26.0. The summed E-state index contributed by atoms with van der Waals surface area (Å²) in [7, 11) is -3.78. The van der Waals surface area contributed by atoms with Crippen LogP contribution >= 0.6 is 11.6 Å². The molecule has 1 heterocycles. The third-order valence-electron chi connectivity index (χ3n) is 4.81. The summed E-state index contributed by atoms with van der Waals surface area (Å²) in [6, 6.07) is 13.6. The molecule has 1 saturated heterocycles. The lowest BCUT2D eigenvalue weighted by molar-refractivity contribution is -0.121. The minimum atomic E-state index is -3.78. The number of nitrogens with one attached hydrogen (secondary N) is 2. The van der Waals surface area contributed by atoms with Gasteiger partial charge in [0, 0.05) is 38.2 Å². The van der Waals surface area contributed by atoms with Crippen molar-refractivity contribution in [2.75, 3.05) is 18.0 Å². The van der Waals surface area contributed by atoms with E-state index in [2.05, 4.69) is 10.0 Å². The lowest BCUT2D eigenvalue weighted by atomic mass is 10.1. The molecule has 0 atom stereocenters. The number of nitrogens with zero attached hydrogens (tertiary/aromatic N) is 1. The molecule has 3 rings (SSSR count). The Hall–Kier alpha value is -2.42. The minimum absolute atomic E-state index is 0.00597. The van der Waals surface area contributed by atoms with Gasteiger partial charge in [-0.25, -0.2) is 13.1 Å². The first-order valence-electron chi connectivity index (χ1n) is 9.77. The molecule has 30 heavy (non-hydrogen) atoms. The first-order valence-corrected chi connectivity index (χ1v) is 11.6. The number of piperidine rings is 1. The number of hydrogen-bond acceptors (Lipinski definition) is 4. The van der Waals surface area contributed by atoms with Crippen LogP contribution in [0.25, 0.3) is 0 Å². The van der Waals surface area contributed by atoms with Crippen LogP contribution in [0.4, 0.5) is 5.69 Å². The maximum atomic E-state index is 12.3. The summed E-state index contributed by atoms with van der Waals surface area (Å²) in [6.07, 6.45) is 2.46. The number of hydrogen-bond donors (Lipinski definition) is 2. The predicted molar refractivity (Wildman–Crippen MR) is 116 cm³/mol. The predicted octanol–water partition coefficient (Wildman–Crippen LogP) is 2.84. The Morgan fingerprint density at radius 1 is 1.10 bits per heavy atom. The molecular formula is C21H24ClN3O4S. The van der Waals surface area contributed by atoms with Crippen LogP contribution in [0.5, 0.6) is 0 Å². The van der Waals surface area contributed by atoms with E-state index in [9.17, 15) is 18.0 Å². The molecule has 2 amide bonds. The molecule has 0 bridgehead atoms. The Bertz CT molecular complexity index is 1030. The second-order valence-corrected chi connectivity index (χ2v) is 9.17. The van der Waals surface area contributed by atoms with Gasteiger partial charge in [0.2, 0.25) is 21.8 Å². The average Bonchev–Trinajstić information content (AvgIpc) is 2.73. The summed E-state index contributed by atoms with van der Waals surface area (Å²) in [6.45, 7) is 0.966. The monoisotopic (exact) mass is 449 g/mol. The first-order chi connectivity index (χ1) is 14.4. The van der Waals surface area contributed by atoms with Crippen molar-refractivity contribution in [3.63, 3.8) is 0 Å². The molecule has 0 aliphatic carbocycles. The normalized spacial score (nSPS) is 14.6.